The van der Waals surface area contributed by atoms with E-state index in [-0.39, 0.29) is 6.10 Å². The highest BCUT2D eigenvalue weighted by Crippen LogP contribution is 2.26. The Morgan fingerprint density at radius 3 is 2.35 bits per heavy atom. The van der Waals surface area contributed by atoms with Crippen molar-refractivity contribution < 1.29 is 5.11 Å². The van der Waals surface area contributed by atoms with Crippen molar-refractivity contribution in [2.75, 3.05) is 37.6 Å². The average molecular weight is 274 g/mol. The van der Waals surface area contributed by atoms with Gasteiger partial charge in [0, 0.05) is 38.4 Å². The Bertz CT molecular complexity index is 401. The van der Waals surface area contributed by atoms with E-state index < -0.39 is 0 Å². The number of anilines is 1. The number of para-hydroxylation sites is 1. The largest absolute Gasteiger partial charge is 0.393 e. The molecular formula is C17H26N2O. The van der Waals surface area contributed by atoms with Crippen LogP contribution in [-0.4, -0.2) is 48.8 Å². The van der Waals surface area contributed by atoms with Crippen molar-refractivity contribution >= 4 is 5.69 Å². The normalized spacial score (nSPS) is 28.6. The van der Waals surface area contributed by atoms with Crippen LogP contribution in [-0.2, 0) is 0 Å². The van der Waals surface area contributed by atoms with Gasteiger partial charge in [-0.15, -0.1) is 0 Å². The molecule has 3 nitrogen and oxygen atoms in total. The first-order valence-electron chi connectivity index (χ1n) is 8.03. The molecule has 2 fully saturated rings. The van der Waals surface area contributed by atoms with Crippen LogP contribution in [0, 0.1) is 5.92 Å². The lowest BCUT2D eigenvalue weighted by atomic mass is 9.86. The van der Waals surface area contributed by atoms with E-state index in [2.05, 4.69) is 40.1 Å². The Morgan fingerprint density at radius 1 is 0.950 bits per heavy atom. The van der Waals surface area contributed by atoms with Gasteiger partial charge >= 0.3 is 0 Å². The van der Waals surface area contributed by atoms with Gasteiger partial charge in [-0.1, -0.05) is 31.0 Å². The van der Waals surface area contributed by atoms with Crippen molar-refractivity contribution in [1.29, 1.82) is 0 Å². The lowest BCUT2D eigenvalue weighted by molar-refractivity contribution is 0.0453. The molecule has 1 saturated carbocycles. The molecule has 1 saturated heterocycles. The van der Waals surface area contributed by atoms with Gasteiger partial charge in [0.1, 0.15) is 0 Å². The molecule has 0 amide bonds. The summed E-state index contributed by atoms with van der Waals surface area (Å²) >= 11 is 0. The third kappa shape index (κ3) is 3.33. The van der Waals surface area contributed by atoms with Gasteiger partial charge in [-0.25, -0.2) is 0 Å². The van der Waals surface area contributed by atoms with Crippen LogP contribution in [0.4, 0.5) is 5.69 Å². The molecule has 3 heteroatoms. The topological polar surface area (TPSA) is 26.7 Å². The Hall–Kier alpha value is -1.06. The van der Waals surface area contributed by atoms with Gasteiger partial charge < -0.3 is 10.0 Å². The van der Waals surface area contributed by atoms with E-state index >= 15 is 0 Å². The van der Waals surface area contributed by atoms with Crippen molar-refractivity contribution in [1.82, 2.24) is 4.90 Å². The molecular weight excluding hydrogens is 248 g/mol. The van der Waals surface area contributed by atoms with Crippen molar-refractivity contribution in [3.63, 3.8) is 0 Å². The van der Waals surface area contributed by atoms with E-state index in [9.17, 15) is 5.11 Å². The molecule has 0 radical (unpaired) electrons. The predicted molar refractivity (Wildman–Crippen MR) is 83.1 cm³/mol. The van der Waals surface area contributed by atoms with Gasteiger partial charge in [0.05, 0.1) is 6.10 Å². The minimum absolute atomic E-state index is 0.0593. The second-order valence-corrected chi connectivity index (χ2v) is 6.24. The first kappa shape index (κ1) is 13.9. The van der Waals surface area contributed by atoms with Crippen LogP contribution in [0.1, 0.15) is 25.7 Å². The number of hydrogen-bond donors (Lipinski definition) is 1. The molecule has 1 aliphatic heterocycles. The molecule has 3 rings (SSSR count). The summed E-state index contributed by atoms with van der Waals surface area (Å²) in [6.07, 6.45) is 4.66. The second kappa shape index (κ2) is 6.59. The zero-order valence-corrected chi connectivity index (χ0v) is 12.2. The van der Waals surface area contributed by atoms with Crippen LogP contribution in [0.2, 0.25) is 0 Å². The highest BCUT2D eigenvalue weighted by atomic mass is 16.3. The van der Waals surface area contributed by atoms with Crippen molar-refractivity contribution in [2.45, 2.75) is 31.8 Å². The molecule has 1 aromatic rings. The smallest absolute Gasteiger partial charge is 0.0580 e. The van der Waals surface area contributed by atoms with E-state index in [0.717, 1.165) is 39.1 Å². The van der Waals surface area contributed by atoms with E-state index in [4.69, 9.17) is 0 Å². The maximum Gasteiger partial charge on any atom is 0.0580 e. The van der Waals surface area contributed by atoms with Crippen LogP contribution in [0.3, 0.4) is 0 Å². The van der Waals surface area contributed by atoms with Crippen molar-refractivity contribution in [2.24, 2.45) is 5.92 Å². The van der Waals surface area contributed by atoms with Gasteiger partial charge in [-0.3, -0.25) is 4.90 Å². The Kier molecular flexibility index (Phi) is 4.58. The molecule has 110 valence electrons. The molecule has 2 unspecified atom stereocenters. The van der Waals surface area contributed by atoms with Gasteiger partial charge in [0.15, 0.2) is 0 Å². The lowest BCUT2D eigenvalue weighted by Gasteiger charge is -2.39. The average Bonchev–Trinajstić information content (AvgIpc) is 2.51. The monoisotopic (exact) mass is 274 g/mol. The van der Waals surface area contributed by atoms with Crippen molar-refractivity contribution in [3.05, 3.63) is 30.3 Å². The van der Waals surface area contributed by atoms with E-state index in [1.54, 1.807) is 0 Å². The Morgan fingerprint density at radius 2 is 1.65 bits per heavy atom. The standard InChI is InChI=1S/C17H26N2O/c20-17-9-5-4-6-15(17)14-18-10-12-19(13-11-18)16-7-2-1-3-8-16/h1-3,7-8,15,17,20H,4-6,9-14H2. The summed E-state index contributed by atoms with van der Waals surface area (Å²) in [6.45, 7) is 5.54. The molecule has 0 bridgehead atoms. The number of aliphatic hydroxyl groups is 1. The summed E-state index contributed by atoms with van der Waals surface area (Å²) in [5.74, 6) is 0.507. The molecule has 1 aliphatic carbocycles. The summed E-state index contributed by atoms with van der Waals surface area (Å²) in [6, 6.07) is 10.7. The summed E-state index contributed by atoms with van der Waals surface area (Å²) in [5, 5.41) is 10.1. The molecule has 20 heavy (non-hydrogen) atoms. The minimum atomic E-state index is -0.0593. The zero-order chi connectivity index (χ0) is 13.8. The lowest BCUT2D eigenvalue weighted by Crippen LogP contribution is -2.49. The van der Waals surface area contributed by atoms with Crippen LogP contribution >= 0.6 is 0 Å². The maximum atomic E-state index is 10.1. The quantitative estimate of drug-likeness (QED) is 0.916. The summed E-state index contributed by atoms with van der Waals surface area (Å²) in [4.78, 5) is 5.01. The van der Waals surface area contributed by atoms with Gasteiger partial charge in [-0.05, 0) is 30.9 Å². The number of hydrogen-bond acceptors (Lipinski definition) is 3. The van der Waals surface area contributed by atoms with Crippen LogP contribution in [0.15, 0.2) is 30.3 Å². The molecule has 1 N–H and O–H groups in total. The van der Waals surface area contributed by atoms with E-state index in [0.29, 0.717) is 5.92 Å². The fraction of sp³-hybridized carbons (Fsp3) is 0.647. The molecule has 1 heterocycles. The first-order valence-corrected chi connectivity index (χ1v) is 8.03. The SMILES string of the molecule is OC1CCCCC1CN1CCN(c2ccccc2)CC1. The Balaban J connectivity index is 1.49. The molecule has 1 aromatic carbocycles. The highest BCUT2D eigenvalue weighted by Gasteiger charge is 2.26. The maximum absolute atomic E-state index is 10.1. The van der Waals surface area contributed by atoms with Crippen molar-refractivity contribution in [3.8, 4) is 0 Å². The molecule has 2 atom stereocenters. The number of aliphatic hydroxyl groups excluding tert-OH is 1. The van der Waals surface area contributed by atoms with Crippen LogP contribution < -0.4 is 4.90 Å². The van der Waals surface area contributed by atoms with Crippen LogP contribution in [0.25, 0.3) is 0 Å². The van der Waals surface area contributed by atoms with Crippen LogP contribution in [0.5, 0.6) is 0 Å². The number of piperazine rings is 1. The molecule has 0 aromatic heterocycles. The fourth-order valence-corrected chi connectivity index (χ4v) is 3.56. The zero-order valence-electron chi connectivity index (χ0n) is 12.2. The second-order valence-electron chi connectivity index (χ2n) is 6.24. The third-order valence-corrected chi connectivity index (χ3v) is 4.86. The fourth-order valence-electron chi connectivity index (χ4n) is 3.56. The molecule has 0 spiro atoms. The molecule has 2 aliphatic rings. The number of rotatable bonds is 3. The van der Waals surface area contributed by atoms with Gasteiger partial charge in [0.2, 0.25) is 0 Å². The van der Waals surface area contributed by atoms with E-state index in [1.807, 2.05) is 0 Å². The van der Waals surface area contributed by atoms with Gasteiger partial charge in [-0.2, -0.15) is 0 Å². The predicted octanol–water partition coefficient (Wildman–Crippen LogP) is 2.36. The number of benzene rings is 1. The summed E-state index contributed by atoms with van der Waals surface area (Å²) < 4.78 is 0. The minimum Gasteiger partial charge on any atom is -0.393 e. The summed E-state index contributed by atoms with van der Waals surface area (Å²) in [7, 11) is 0. The third-order valence-electron chi connectivity index (χ3n) is 4.86. The first-order chi connectivity index (χ1) is 9.83. The van der Waals surface area contributed by atoms with E-state index in [1.165, 1.54) is 24.9 Å². The number of nitrogens with zero attached hydrogens (tertiary/aromatic N) is 2. The highest BCUT2D eigenvalue weighted by molar-refractivity contribution is 5.46. The summed E-state index contributed by atoms with van der Waals surface area (Å²) in [5.41, 5.74) is 1.34. The Labute approximate surface area is 122 Å². The van der Waals surface area contributed by atoms with Gasteiger partial charge in [0.25, 0.3) is 0 Å².